The largest absolute Gasteiger partial charge is 0.338 e. The second-order valence-electron chi connectivity index (χ2n) is 9.04. The quantitative estimate of drug-likeness (QED) is 0.517. The lowest BCUT2D eigenvalue weighted by Crippen LogP contribution is -2.33. The zero-order chi connectivity index (χ0) is 22.1. The second-order valence-corrected chi connectivity index (χ2v) is 9.48. The van der Waals surface area contributed by atoms with Crippen LogP contribution in [0, 0.1) is 0 Å². The smallest absolute Gasteiger partial charge is 0.227 e. The van der Waals surface area contributed by atoms with Crippen LogP contribution in [0.2, 0.25) is 5.02 Å². The molecule has 1 saturated carbocycles. The normalized spacial score (nSPS) is 20.2. The summed E-state index contributed by atoms with van der Waals surface area (Å²) in [5.74, 6) is 0.991. The van der Waals surface area contributed by atoms with Gasteiger partial charge in [0.1, 0.15) is 0 Å². The van der Waals surface area contributed by atoms with E-state index in [0.29, 0.717) is 22.8 Å². The number of hydrogen-bond acceptors (Lipinski definition) is 5. The third kappa shape index (κ3) is 4.62. The van der Waals surface area contributed by atoms with Gasteiger partial charge >= 0.3 is 0 Å². The lowest BCUT2D eigenvalue weighted by atomic mass is 9.92. The summed E-state index contributed by atoms with van der Waals surface area (Å²) in [6.07, 6.45) is 4.02. The predicted molar refractivity (Wildman–Crippen MR) is 127 cm³/mol. The van der Waals surface area contributed by atoms with Gasteiger partial charge < -0.3 is 15.6 Å². The number of hydrogen-bond donors (Lipinski definition) is 3. The Bertz CT molecular complexity index is 1100. The Morgan fingerprint density at radius 2 is 1.81 bits per heavy atom. The standard InChI is InChI=1S/C23H32ClN7/c1-13(2)19-21-20(30-29-19)22(26-17-9-5-15(24)6-10-17)28-23(31(21)14(3)4)27-18-11-7-16(25)8-12-18/h5-6,9-10,13-14,16,18H,7-8,11-12,25H2,1-4H3,(H,29,30)(H,26,27,28). The van der Waals surface area contributed by atoms with Crippen LogP contribution in [-0.4, -0.2) is 31.8 Å². The van der Waals surface area contributed by atoms with Crippen LogP contribution in [0.25, 0.3) is 11.0 Å². The summed E-state index contributed by atoms with van der Waals surface area (Å²) in [6, 6.07) is 8.33. The average Bonchev–Trinajstić information content (AvgIpc) is 3.16. The van der Waals surface area contributed by atoms with E-state index in [-0.39, 0.29) is 12.1 Å². The van der Waals surface area contributed by atoms with Crippen molar-refractivity contribution in [3.8, 4) is 0 Å². The lowest BCUT2D eigenvalue weighted by Gasteiger charge is -2.24. The van der Waals surface area contributed by atoms with Crippen molar-refractivity contribution in [3.05, 3.63) is 40.6 Å². The molecule has 0 amide bonds. The first kappa shape index (κ1) is 21.8. The number of halogens is 1. The van der Waals surface area contributed by atoms with Crippen LogP contribution in [-0.2, 0) is 0 Å². The van der Waals surface area contributed by atoms with Crippen molar-refractivity contribution in [3.63, 3.8) is 0 Å². The van der Waals surface area contributed by atoms with Crippen LogP contribution in [0.4, 0.5) is 11.5 Å². The fraction of sp³-hybridized carbons (Fsp3) is 0.522. The third-order valence-corrected chi connectivity index (χ3v) is 6.15. The molecule has 0 saturated heterocycles. The predicted octanol–water partition coefficient (Wildman–Crippen LogP) is 5.03. The Hall–Kier alpha value is -2.38. The molecule has 7 nitrogen and oxygen atoms in total. The minimum absolute atomic E-state index is 0.194. The topological polar surface area (TPSA) is 96.9 Å². The van der Waals surface area contributed by atoms with E-state index in [2.05, 4.69) is 47.8 Å². The molecule has 4 rings (SSSR count). The molecular formula is C23H32ClN7. The van der Waals surface area contributed by atoms with Crippen LogP contribution in [0.1, 0.15) is 71.0 Å². The van der Waals surface area contributed by atoms with Crippen molar-refractivity contribution < 1.29 is 0 Å². The maximum absolute atomic E-state index is 6.11. The molecule has 2 aromatic heterocycles. The number of fused-ring (bicyclic) bond motifs is 1. The van der Waals surface area contributed by atoms with E-state index in [4.69, 9.17) is 27.3 Å². The molecule has 1 fully saturated rings. The van der Waals surface area contributed by atoms with Crippen LogP contribution in [0.15, 0.2) is 29.3 Å². The van der Waals surface area contributed by atoms with E-state index in [1.807, 2.05) is 24.3 Å². The number of H-pyrrole nitrogens is 1. The lowest BCUT2D eigenvalue weighted by molar-refractivity contribution is 0.386. The van der Waals surface area contributed by atoms with Gasteiger partial charge in [0.15, 0.2) is 11.3 Å². The first-order valence-corrected chi connectivity index (χ1v) is 11.5. The van der Waals surface area contributed by atoms with E-state index in [1.165, 1.54) is 0 Å². The SMILES string of the molecule is CC(C)c1[nH]nc2c(Nc3ccc(Cl)cc3)nc(=NC3CCC(N)CC3)n(C(C)C)c12. The number of nitrogens with two attached hydrogens (primary N) is 1. The molecule has 8 heteroatoms. The number of benzene rings is 1. The van der Waals surface area contributed by atoms with Gasteiger partial charge in [0.25, 0.3) is 0 Å². The maximum Gasteiger partial charge on any atom is 0.227 e. The second kappa shape index (κ2) is 9.01. The molecule has 3 aromatic rings. The highest BCUT2D eigenvalue weighted by Crippen LogP contribution is 2.29. The highest BCUT2D eigenvalue weighted by Gasteiger charge is 2.22. The summed E-state index contributed by atoms with van der Waals surface area (Å²) in [5, 5.41) is 12.0. The highest BCUT2D eigenvalue weighted by molar-refractivity contribution is 6.30. The summed E-state index contributed by atoms with van der Waals surface area (Å²) >= 11 is 6.06. The number of aromatic amines is 1. The van der Waals surface area contributed by atoms with Gasteiger partial charge in [-0.1, -0.05) is 25.4 Å². The van der Waals surface area contributed by atoms with Gasteiger partial charge in [0.05, 0.1) is 17.3 Å². The minimum Gasteiger partial charge on any atom is -0.338 e. The van der Waals surface area contributed by atoms with E-state index < -0.39 is 0 Å². The first-order chi connectivity index (χ1) is 14.8. The molecule has 0 atom stereocenters. The summed E-state index contributed by atoms with van der Waals surface area (Å²) in [6.45, 7) is 8.67. The summed E-state index contributed by atoms with van der Waals surface area (Å²) in [5.41, 5.74) is 10.7. The van der Waals surface area contributed by atoms with Crippen LogP contribution >= 0.6 is 11.6 Å². The Kier molecular flexibility index (Phi) is 6.34. The third-order valence-electron chi connectivity index (χ3n) is 5.90. The summed E-state index contributed by atoms with van der Waals surface area (Å²) < 4.78 is 2.22. The zero-order valence-electron chi connectivity index (χ0n) is 18.7. The molecule has 0 bridgehead atoms. The van der Waals surface area contributed by atoms with Crippen LogP contribution in [0.5, 0.6) is 0 Å². The minimum atomic E-state index is 0.194. The molecule has 4 N–H and O–H groups in total. The molecule has 1 aromatic carbocycles. The number of rotatable bonds is 5. The van der Waals surface area contributed by atoms with E-state index in [0.717, 1.165) is 53.7 Å². The fourth-order valence-electron chi connectivity index (χ4n) is 4.20. The first-order valence-electron chi connectivity index (χ1n) is 11.2. The fourth-order valence-corrected chi connectivity index (χ4v) is 4.33. The molecule has 0 unspecified atom stereocenters. The van der Waals surface area contributed by atoms with Crippen LogP contribution in [0.3, 0.4) is 0 Å². The van der Waals surface area contributed by atoms with E-state index in [1.54, 1.807) is 0 Å². The molecule has 0 radical (unpaired) electrons. The van der Waals surface area contributed by atoms with Crippen molar-refractivity contribution in [1.82, 2.24) is 19.7 Å². The molecule has 31 heavy (non-hydrogen) atoms. The van der Waals surface area contributed by atoms with Gasteiger partial charge in [-0.05, 0) is 69.7 Å². The van der Waals surface area contributed by atoms with Gasteiger partial charge in [-0.15, -0.1) is 0 Å². The molecule has 0 aliphatic heterocycles. The van der Waals surface area contributed by atoms with Gasteiger partial charge in [0.2, 0.25) is 5.62 Å². The summed E-state index contributed by atoms with van der Waals surface area (Å²) in [4.78, 5) is 10.1. The number of anilines is 2. The number of nitrogens with one attached hydrogen (secondary N) is 2. The number of aromatic nitrogens is 4. The van der Waals surface area contributed by atoms with E-state index in [9.17, 15) is 0 Å². The highest BCUT2D eigenvalue weighted by atomic mass is 35.5. The monoisotopic (exact) mass is 441 g/mol. The van der Waals surface area contributed by atoms with Gasteiger partial charge in [-0.2, -0.15) is 10.1 Å². The van der Waals surface area contributed by atoms with Gasteiger partial charge in [-0.25, -0.2) is 4.99 Å². The molecule has 1 aliphatic rings. The summed E-state index contributed by atoms with van der Waals surface area (Å²) in [7, 11) is 0. The van der Waals surface area contributed by atoms with Crippen LogP contribution < -0.4 is 16.7 Å². The van der Waals surface area contributed by atoms with Crippen molar-refractivity contribution in [2.24, 2.45) is 10.7 Å². The molecule has 166 valence electrons. The molecular weight excluding hydrogens is 410 g/mol. The molecule has 0 spiro atoms. The molecule has 1 aliphatic carbocycles. The Balaban J connectivity index is 1.90. The maximum atomic E-state index is 6.11. The average molecular weight is 442 g/mol. The Labute approximate surface area is 188 Å². The molecule has 2 heterocycles. The number of nitrogens with zero attached hydrogens (tertiary/aromatic N) is 4. The van der Waals surface area contributed by atoms with Crippen molar-refractivity contribution in [2.45, 2.75) is 77.4 Å². The zero-order valence-corrected chi connectivity index (χ0v) is 19.4. The van der Waals surface area contributed by atoms with Crippen molar-refractivity contribution in [1.29, 1.82) is 0 Å². The van der Waals surface area contributed by atoms with Gasteiger partial charge in [-0.3, -0.25) is 5.10 Å². The Morgan fingerprint density at radius 1 is 1.13 bits per heavy atom. The van der Waals surface area contributed by atoms with Crippen molar-refractivity contribution >= 4 is 34.1 Å². The van der Waals surface area contributed by atoms with Crippen molar-refractivity contribution in [2.75, 3.05) is 5.32 Å². The van der Waals surface area contributed by atoms with E-state index >= 15 is 0 Å². The Morgan fingerprint density at radius 3 is 2.42 bits per heavy atom. The van der Waals surface area contributed by atoms with Gasteiger partial charge in [0, 0.05) is 22.8 Å².